The lowest BCUT2D eigenvalue weighted by Crippen LogP contribution is -2.68. The maximum absolute atomic E-state index is 16.0. The molecule has 6 amide bonds. The fourth-order valence-electron chi connectivity index (χ4n) is 8.69. The van der Waals surface area contributed by atoms with Gasteiger partial charge in [0.05, 0.1) is 23.8 Å². The summed E-state index contributed by atoms with van der Waals surface area (Å²) in [7, 11) is 0. The van der Waals surface area contributed by atoms with E-state index in [4.69, 9.17) is 25.7 Å². The Morgan fingerprint density at radius 1 is 0.595 bits per heavy atom. The van der Waals surface area contributed by atoms with Crippen molar-refractivity contribution in [3.05, 3.63) is 102 Å². The molecule has 0 heterocycles. The van der Waals surface area contributed by atoms with Gasteiger partial charge >= 0.3 is 11.9 Å². The van der Waals surface area contributed by atoms with E-state index < -0.39 is 118 Å². The van der Waals surface area contributed by atoms with Crippen LogP contribution in [0.2, 0.25) is 0 Å². The molecule has 0 aromatic heterocycles. The molecule has 0 aliphatic carbocycles. The molecular formula is C60H89N7O12. The molecule has 0 saturated heterocycles. The van der Waals surface area contributed by atoms with Gasteiger partial charge in [-0.2, -0.15) is 0 Å². The summed E-state index contributed by atoms with van der Waals surface area (Å²) >= 11 is 0. The van der Waals surface area contributed by atoms with Gasteiger partial charge in [0.15, 0.2) is 0 Å². The van der Waals surface area contributed by atoms with E-state index in [-0.39, 0.29) is 38.1 Å². The maximum Gasteiger partial charge on any atom is 0.341 e. The number of aliphatic carboxylic acids is 1. The van der Waals surface area contributed by atoms with Crippen molar-refractivity contribution in [3.63, 3.8) is 0 Å². The standard InChI is InChI=1S/C60H89N7O12/c1-16-32-66(49(56(74)75)57(76)79-60(13,14)15)53(71)44(35-41-28-30-42(31-29-41)78-59(10,11)12)64-52(70)48(38(6)77-58(7,8)9)67(55(73)47(36(3)4)65-50(68)43(61)33-39-24-20-18-21-25-39)54(72)45(34-40-26-22-19-23-27-40)63-51(69)46(62)37(5)17-2/h18-31,36-38,43-49H,16-17,32-35,61-62H2,1-15H3,(H,63,69)(H,64,70)(H,65,68)(H,74,75)/t37-,38+,43-,44-,45-,46-,47-,48-,49+/m0/s1. The van der Waals surface area contributed by atoms with Crippen molar-refractivity contribution in [1.82, 2.24) is 25.8 Å². The van der Waals surface area contributed by atoms with E-state index in [9.17, 15) is 24.3 Å². The Bertz CT molecular complexity index is 2500. The highest BCUT2D eigenvalue weighted by Gasteiger charge is 2.48. The average molecular weight is 1100 g/mol. The zero-order valence-electron chi connectivity index (χ0n) is 49.1. The molecule has 0 unspecified atom stereocenters. The minimum absolute atomic E-state index is 0.0882. The number of hydrogen-bond donors (Lipinski definition) is 6. The van der Waals surface area contributed by atoms with Gasteiger partial charge in [-0.05, 0) is 123 Å². The van der Waals surface area contributed by atoms with Crippen LogP contribution >= 0.6 is 0 Å². The molecule has 3 aromatic carbocycles. The highest BCUT2D eigenvalue weighted by Crippen LogP contribution is 2.25. The number of carboxylic acid groups (broad SMARTS) is 1. The smallest absolute Gasteiger partial charge is 0.341 e. The van der Waals surface area contributed by atoms with Crippen molar-refractivity contribution < 1.29 is 57.7 Å². The van der Waals surface area contributed by atoms with Gasteiger partial charge in [-0.1, -0.05) is 114 Å². The monoisotopic (exact) mass is 1100 g/mol. The molecule has 0 radical (unpaired) electrons. The summed E-state index contributed by atoms with van der Waals surface area (Å²) in [4.78, 5) is 120. The van der Waals surface area contributed by atoms with Crippen LogP contribution in [0.15, 0.2) is 84.9 Å². The quantitative estimate of drug-likeness (QED) is 0.0397. The summed E-state index contributed by atoms with van der Waals surface area (Å²) < 4.78 is 18.0. The number of carbonyl (C=O) groups is 8. The molecule has 19 heteroatoms. The number of amides is 6. The Labute approximate surface area is 467 Å². The number of ether oxygens (including phenoxy) is 3. The molecule has 0 saturated carbocycles. The van der Waals surface area contributed by atoms with Crippen LogP contribution in [0.1, 0.15) is 133 Å². The number of rotatable bonds is 27. The zero-order valence-corrected chi connectivity index (χ0v) is 49.1. The summed E-state index contributed by atoms with van der Waals surface area (Å²) in [6.45, 7) is 25.1. The number of hydrogen-bond acceptors (Lipinski definition) is 13. The van der Waals surface area contributed by atoms with Gasteiger partial charge in [0.25, 0.3) is 11.8 Å². The first-order chi connectivity index (χ1) is 36.7. The summed E-state index contributed by atoms with van der Waals surface area (Å²) in [5, 5.41) is 18.9. The molecule has 9 atom stereocenters. The number of nitrogens with one attached hydrogen (secondary N) is 3. The van der Waals surface area contributed by atoms with Crippen molar-refractivity contribution in [2.24, 2.45) is 23.3 Å². The van der Waals surface area contributed by atoms with Gasteiger partial charge in [0.2, 0.25) is 29.7 Å². The second-order valence-electron chi connectivity index (χ2n) is 23.5. The molecule has 0 bridgehead atoms. The van der Waals surface area contributed by atoms with Gasteiger partial charge in [-0.25, -0.2) is 9.59 Å². The summed E-state index contributed by atoms with van der Waals surface area (Å²) in [6, 6.07) is 13.0. The fourth-order valence-corrected chi connectivity index (χ4v) is 8.69. The topological polar surface area (TPSA) is 279 Å². The van der Waals surface area contributed by atoms with Crippen LogP contribution in [0, 0.1) is 11.8 Å². The third-order valence-corrected chi connectivity index (χ3v) is 12.7. The summed E-state index contributed by atoms with van der Waals surface area (Å²) in [5.74, 6) is -9.29. The Morgan fingerprint density at radius 3 is 1.54 bits per heavy atom. The van der Waals surface area contributed by atoms with Gasteiger partial charge in [-0.15, -0.1) is 0 Å². The lowest BCUT2D eigenvalue weighted by molar-refractivity contribution is -0.173. The Kier molecular flexibility index (Phi) is 24.9. The highest BCUT2D eigenvalue weighted by molar-refractivity contribution is 6.07. The van der Waals surface area contributed by atoms with Crippen LogP contribution in [-0.4, -0.2) is 134 Å². The van der Waals surface area contributed by atoms with E-state index in [0.29, 0.717) is 28.2 Å². The van der Waals surface area contributed by atoms with Crippen LogP contribution in [-0.2, 0) is 67.1 Å². The Hall–Kier alpha value is -6.70. The van der Waals surface area contributed by atoms with Gasteiger partial charge in [-0.3, -0.25) is 33.7 Å². The van der Waals surface area contributed by atoms with Crippen molar-refractivity contribution in [1.29, 1.82) is 0 Å². The van der Waals surface area contributed by atoms with Crippen molar-refractivity contribution in [2.45, 2.75) is 201 Å². The molecule has 0 aliphatic heterocycles. The molecule has 3 rings (SSSR count). The highest BCUT2D eigenvalue weighted by atomic mass is 16.6. The van der Waals surface area contributed by atoms with Crippen LogP contribution in [0.25, 0.3) is 0 Å². The van der Waals surface area contributed by atoms with E-state index in [1.165, 1.54) is 6.92 Å². The van der Waals surface area contributed by atoms with Crippen LogP contribution in [0.4, 0.5) is 0 Å². The first-order valence-electron chi connectivity index (χ1n) is 27.3. The first kappa shape index (κ1) is 66.6. The van der Waals surface area contributed by atoms with Crippen LogP contribution < -0.4 is 32.2 Å². The minimum Gasteiger partial charge on any atom is -0.488 e. The number of imide groups is 1. The molecule has 3 aromatic rings. The SMILES string of the molecule is CCCN(C(=O)[C@H](Cc1ccc(OC(C)(C)C)cc1)NC(=O)[C@H]([C@@H](C)OC(C)(C)C)N(C(=O)[C@H](Cc1ccccc1)NC(=O)[C@@H](N)[C@@H](C)CC)C(=O)[C@@H](NC(=O)[C@@H](N)Cc1ccccc1)C(C)C)[C@H](C(=O)O)C(=O)OC(C)(C)C. The summed E-state index contributed by atoms with van der Waals surface area (Å²) in [5.41, 5.74) is 11.9. The number of esters is 1. The van der Waals surface area contributed by atoms with Gasteiger partial charge in [0.1, 0.15) is 41.1 Å². The number of nitrogens with zero attached hydrogens (tertiary/aromatic N) is 2. The van der Waals surface area contributed by atoms with Gasteiger partial charge in [0, 0.05) is 19.4 Å². The van der Waals surface area contributed by atoms with E-state index in [1.54, 1.807) is 148 Å². The molecular weight excluding hydrogens is 1010 g/mol. The molecule has 0 spiro atoms. The lowest BCUT2D eigenvalue weighted by atomic mass is 9.95. The predicted octanol–water partition coefficient (Wildman–Crippen LogP) is 5.66. The van der Waals surface area contributed by atoms with Crippen LogP contribution in [0.5, 0.6) is 5.75 Å². The molecule has 8 N–H and O–H groups in total. The van der Waals surface area contributed by atoms with Crippen LogP contribution in [0.3, 0.4) is 0 Å². The lowest BCUT2D eigenvalue weighted by Gasteiger charge is -2.40. The first-order valence-corrected chi connectivity index (χ1v) is 27.3. The predicted molar refractivity (Wildman–Crippen MR) is 302 cm³/mol. The Balaban J connectivity index is 2.45. The molecule has 0 fully saturated rings. The molecule has 79 heavy (non-hydrogen) atoms. The van der Waals surface area contributed by atoms with Gasteiger partial charge < -0.3 is 51.6 Å². The number of carbonyl (C=O) groups excluding carboxylic acids is 7. The van der Waals surface area contributed by atoms with E-state index in [0.717, 1.165) is 10.5 Å². The zero-order chi connectivity index (χ0) is 59.7. The summed E-state index contributed by atoms with van der Waals surface area (Å²) in [6.07, 6.45) is -1.15. The second kappa shape index (κ2) is 29.5. The van der Waals surface area contributed by atoms with E-state index in [1.807, 2.05) is 33.8 Å². The maximum atomic E-state index is 16.0. The number of nitrogens with two attached hydrogens (primary N) is 2. The van der Waals surface area contributed by atoms with Crippen molar-refractivity contribution >= 4 is 47.4 Å². The second-order valence-corrected chi connectivity index (χ2v) is 23.5. The third-order valence-electron chi connectivity index (χ3n) is 12.7. The molecule has 0 aliphatic rings. The normalized spacial score (nSPS) is 15.4. The van der Waals surface area contributed by atoms with E-state index >= 15 is 19.2 Å². The number of benzene rings is 3. The van der Waals surface area contributed by atoms with Crippen molar-refractivity contribution in [3.8, 4) is 5.75 Å². The molecule has 19 nitrogen and oxygen atoms in total. The largest absolute Gasteiger partial charge is 0.488 e. The number of carboxylic acids is 1. The fraction of sp³-hybridized carbons (Fsp3) is 0.567. The molecule has 436 valence electrons. The minimum atomic E-state index is -2.17. The third kappa shape index (κ3) is 21.1. The van der Waals surface area contributed by atoms with E-state index in [2.05, 4.69) is 16.0 Å². The van der Waals surface area contributed by atoms with Crippen molar-refractivity contribution in [2.75, 3.05) is 6.54 Å². The average Bonchev–Trinajstić information content (AvgIpc) is 3.35. The Morgan fingerprint density at radius 2 is 1.09 bits per heavy atom.